The van der Waals surface area contributed by atoms with E-state index in [9.17, 15) is 0 Å². The molecule has 5 heteroatoms. The first-order valence-corrected chi connectivity index (χ1v) is 10.4. The SMILES string of the molecule is Cc1cc(C)c2oc(-c3ccc(Cl)cc3)cc(=NNc3ccc4ccccc4n3)c2c1. The molecule has 3 aromatic carbocycles. The van der Waals surface area contributed by atoms with Crippen molar-refractivity contribution in [3.05, 3.63) is 100 Å². The van der Waals surface area contributed by atoms with Crippen molar-refractivity contribution in [1.29, 1.82) is 0 Å². The van der Waals surface area contributed by atoms with Gasteiger partial charge in [-0.05, 0) is 73.5 Å². The first-order chi connectivity index (χ1) is 15.1. The van der Waals surface area contributed by atoms with E-state index in [0.717, 1.165) is 49.7 Å². The monoisotopic (exact) mass is 425 g/mol. The van der Waals surface area contributed by atoms with E-state index in [-0.39, 0.29) is 0 Å². The lowest BCUT2D eigenvalue weighted by Gasteiger charge is -2.09. The van der Waals surface area contributed by atoms with Crippen molar-refractivity contribution in [3.63, 3.8) is 0 Å². The average Bonchev–Trinajstić information content (AvgIpc) is 2.78. The molecule has 5 rings (SSSR count). The lowest BCUT2D eigenvalue weighted by atomic mass is 10.1. The molecule has 0 saturated carbocycles. The molecule has 0 bridgehead atoms. The number of nitrogens with one attached hydrogen (secondary N) is 1. The zero-order chi connectivity index (χ0) is 21.4. The third-order valence-electron chi connectivity index (χ3n) is 5.19. The smallest absolute Gasteiger partial charge is 0.146 e. The number of aryl methyl sites for hydroxylation is 2. The van der Waals surface area contributed by atoms with Crippen molar-refractivity contribution in [2.24, 2.45) is 5.10 Å². The Labute approximate surface area is 184 Å². The van der Waals surface area contributed by atoms with E-state index in [0.29, 0.717) is 10.8 Å². The zero-order valence-corrected chi connectivity index (χ0v) is 17.9. The van der Waals surface area contributed by atoms with E-state index in [1.165, 1.54) is 0 Å². The summed E-state index contributed by atoms with van der Waals surface area (Å²) < 4.78 is 6.28. The maximum absolute atomic E-state index is 6.28. The summed E-state index contributed by atoms with van der Waals surface area (Å²) in [4.78, 5) is 4.65. The lowest BCUT2D eigenvalue weighted by Crippen LogP contribution is -2.09. The molecular formula is C26H20ClN3O. The van der Waals surface area contributed by atoms with Crippen molar-refractivity contribution in [2.45, 2.75) is 13.8 Å². The molecule has 4 nitrogen and oxygen atoms in total. The van der Waals surface area contributed by atoms with Gasteiger partial charge in [0.05, 0.1) is 10.9 Å². The molecule has 152 valence electrons. The fourth-order valence-corrected chi connectivity index (χ4v) is 3.84. The highest BCUT2D eigenvalue weighted by atomic mass is 35.5. The molecule has 5 aromatic rings. The van der Waals surface area contributed by atoms with Gasteiger partial charge in [0.2, 0.25) is 0 Å². The second-order valence-corrected chi connectivity index (χ2v) is 8.01. The van der Waals surface area contributed by atoms with Crippen LogP contribution in [0.2, 0.25) is 5.02 Å². The van der Waals surface area contributed by atoms with Gasteiger partial charge in [-0.2, -0.15) is 5.10 Å². The van der Waals surface area contributed by atoms with E-state index < -0.39 is 0 Å². The van der Waals surface area contributed by atoms with Crippen molar-refractivity contribution >= 4 is 39.3 Å². The molecule has 0 radical (unpaired) electrons. The molecule has 0 fully saturated rings. The van der Waals surface area contributed by atoms with Crippen molar-refractivity contribution in [2.75, 3.05) is 5.43 Å². The summed E-state index contributed by atoms with van der Waals surface area (Å²) >= 11 is 6.06. The number of rotatable bonds is 3. The van der Waals surface area contributed by atoms with Crippen LogP contribution in [0.5, 0.6) is 0 Å². The predicted octanol–water partition coefficient (Wildman–Crippen LogP) is 6.85. The number of aromatic nitrogens is 1. The standard InChI is InChI=1S/C26H20ClN3O/c1-16-13-17(2)26-21(14-16)23(15-24(31-26)19-7-10-20(27)11-8-19)29-30-25-12-9-18-5-3-4-6-22(18)28-25/h3-15H,1-2H3,(H,28,30). The minimum atomic E-state index is 0.685. The number of anilines is 1. The molecule has 0 spiro atoms. The van der Waals surface area contributed by atoms with Gasteiger partial charge in [0.15, 0.2) is 0 Å². The number of fused-ring (bicyclic) bond motifs is 2. The summed E-state index contributed by atoms with van der Waals surface area (Å²) in [6.45, 7) is 4.12. The fourth-order valence-electron chi connectivity index (χ4n) is 3.72. The molecule has 1 N–H and O–H groups in total. The highest BCUT2D eigenvalue weighted by molar-refractivity contribution is 6.30. The summed E-state index contributed by atoms with van der Waals surface area (Å²) in [5.41, 5.74) is 8.00. The van der Waals surface area contributed by atoms with Gasteiger partial charge in [0.1, 0.15) is 17.2 Å². The van der Waals surface area contributed by atoms with Gasteiger partial charge in [-0.15, -0.1) is 0 Å². The Kier molecular flexibility index (Phi) is 4.92. The Hall–Kier alpha value is -3.63. The first kappa shape index (κ1) is 19.3. The van der Waals surface area contributed by atoms with Gasteiger partial charge in [0, 0.05) is 27.4 Å². The summed E-state index contributed by atoms with van der Waals surface area (Å²) in [6, 6.07) is 25.7. The molecule has 0 unspecified atom stereocenters. The Morgan fingerprint density at radius 2 is 1.71 bits per heavy atom. The minimum Gasteiger partial charge on any atom is -0.456 e. The summed E-state index contributed by atoms with van der Waals surface area (Å²) in [5, 5.41) is 8.21. The summed E-state index contributed by atoms with van der Waals surface area (Å²) in [5.74, 6) is 1.41. The fraction of sp³-hybridized carbons (Fsp3) is 0.0769. The summed E-state index contributed by atoms with van der Waals surface area (Å²) in [6.07, 6.45) is 0. The van der Waals surface area contributed by atoms with Crippen LogP contribution in [0.1, 0.15) is 11.1 Å². The Morgan fingerprint density at radius 1 is 0.903 bits per heavy atom. The van der Waals surface area contributed by atoms with Gasteiger partial charge in [-0.3, -0.25) is 5.43 Å². The topological polar surface area (TPSA) is 50.4 Å². The van der Waals surface area contributed by atoms with Crippen LogP contribution in [-0.2, 0) is 0 Å². The molecule has 0 aliphatic rings. The van der Waals surface area contributed by atoms with Gasteiger partial charge >= 0.3 is 0 Å². The number of hydrogen-bond donors (Lipinski definition) is 1. The molecule has 0 saturated heterocycles. The third kappa shape index (κ3) is 3.90. The van der Waals surface area contributed by atoms with Crippen LogP contribution in [-0.4, -0.2) is 4.98 Å². The van der Waals surface area contributed by atoms with E-state index >= 15 is 0 Å². The Morgan fingerprint density at radius 3 is 2.55 bits per heavy atom. The lowest BCUT2D eigenvalue weighted by molar-refractivity contribution is 0.615. The molecule has 0 aliphatic carbocycles. The Balaban J connectivity index is 1.66. The Bertz CT molecular complexity index is 1490. The number of para-hydroxylation sites is 1. The second kappa shape index (κ2) is 7.89. The minimum absolute atomic E-state index is 0.685. The van der Waals surface area contributed by atoms with Crippen molar-refractivity contribution < 1.29 is 4.42 Å². The van der Waals surface area contributed by atoms with E-state index in [1.807, 2.05) is 73.7 Å². The van der Waals surface area contributed by atoms with Crippen LogP contribution in [0.15, 0.2) is 88.4 Å². The average molecular weight is 426 g/mol. The molecule has 2 heterocycles. The largest absolute Gasteiger partial charge is 0.456 e. The van der Waals surface area contributed by atoms with Crippen molar-refractivity contribution in [1.82, 2.24) is 4.98 Å². The van der Waals surface area contributed by atoms with E-state index in [2.05, 4.69) is 29.5 Å². The molecular weight excluding hydrogens is 406 g/mol. The van der Waals surface area contributed by atoms with Gasteiger partial charge in [0.25, 0.3) is 0 Å². The highest BCUT2D eigenvalue weighted by Crippen LogP contribution is 2.26. The number of pyridine rings is 1. The molecule has 0 amide bonds. The molecule has 31 heavy (non-hydrogen) atoms. The number of hydrogen-bond acceptors (Lipinski definition) is 4. The highest BCUT2D eigenvalue weighted by Gasteiger charge is 2.09. The number of benzene rings is 3. The predicted molar refractivity (Wildman–Crippen MR) is 127 cm³/mol. The maximum atomic E-state index is 6.28. The van der Waals surface area contributed by atoms with Crippen LogP contribution < -0.4 is 10.8 Å². The quantitative estimate of drug-likeness (QED) is 0.322. The number of nitrogens with zero attached hydrogens (tertiary/aromatic N) is 2. The van der Waals surface area contributed by atoms with Crippen LogP contribution >= 0.6 is 11.6 Å². The molecule has 0 atom stereocenters. The van der Waals surface area contributed by atoms with Gasteiger partial charge in [-0.25, -0.2) is 4.98 Å². The number of halogens is 1. The molecule has 2 aromatic heterocycles. The van der Waals surface area contributed by atoms with Gasteiger partial charge in [-0.1, -0.05) is 35.9 Å². The maximum Gasteiger partial charge on any atom is 0.146 e. The summed E-state index contributed by atoms with van der Waals surface area (Å²) in [7, 11) is 0. The second-order valence-electron chi connectivity index (χ2n) is 7.57. The van der Waals surface area contributed by atoms with Crippen LogP contribution in [0, 0.1) is 13.8 Å². The zero-order valence-electron chi connectivity index (χ0n) is 17.2. The third-order valence-corrected chi connectivity index (χ3v) is 5.44. The van der Waals surface area contributed by atoms with Crippen LogP contribution in [0.4, 0.5) is 5.82 Å². The molecule has 0 aliphatic heterocycles. The van der Waals surface area contributed by atoms with Crippen LogP contribution in [0.3, 0.4) is 0 Å². The van der Waals surface area contributed by atoms with Gasteiger partial charge < -0.3 is 4.42 Å². The van der Waals surface area contributed by atoms with E-state index in [1.54, 1.807) is 0 Å². The first-order valence-electron chi connectivity index (χ1n) is 10.0. The van der Waals surface area contributed by atoms with E-state index in [4.69, 9.17) is 21.1 Å². The van der Waals surface area contributed by atoms with Crippen LogP contribution in [0.25, 0.3) is 33.2 Å². The normalized spacial score (nSPS) is 11.9. The van der Waals surface area contributed by atoms with Crippen molar-refractivity contribution in [3.8, 4) is 11.3 Å².